The van der Waals surface area contributed by atoms with Gasteiger partial charge in [-0.25, -0.2) is 0 Å². The van der Waals surface area contributed by atoms with E-state index in [9.17, 15) is 0 Å². The molecule has 0 aromatic heterocycles. The minimum atomic E-state index is 0.124. The van der Waals surface area contributed by atoms with Crippen LogP contribution in [0.25, 0.3) is 0 Å². The standard InChI is InChI=1S/C12H24BP/c1-12(13)9-5-3-4-7-11(14-2)8-6-10-12/h11,14H,3-10H2,1-2H3. The Morgan fingerprint density at radius 2 is 1.71 bits per heavy atom. The molecule has 0 amide bonds. The molecule has 14 heavy (non-hydrogen) atoms. The van der Waals surface area contributed by atoms with Gasteiger partial charge in [0.05, 0.1) is 7.85 Å². The van der Waals surface area contributed by atoms with Crippen molar-refractivity contribution in [3.63, 3.8) is 0 Å². The van der Waals surface area contributed by atoms with Crippen molar-refractivity contribution in [3.8, 4) is 0 Å². The molecule has 0 heterocycles. The molecule has 2 radical (unpaired) electrons. The summed E-state index contributed by atoms with van der Waals surface area (Å²) in [4.78, 5) is 0. The highest BCUT2D eigenvalue weighted by molar-refractivity contribution is 7.37. The SMILES string of the molecule is [B]C1(C)CCCCCC(PC)CCC1. The Morgan fingerprint density at radius 3 is 2.43 bits per heavy atom. The van der Waals surface area contributed by atoms with Crippen molar-refractivity contribution < 1.29 is 0 Å². The first kappa shape index (κ1) is 12.6. The van der Waals surface area contributed by atoms with Crippen LogP contribution in [0.1, 0.15) is 58.3 Å². The molecular formula is C12H24BP. The summed E-state index contributed by atoms with van der Waals surface area (Å²) in [5.74, 6) is 0. The maximum absolute atomic E-state index is 6.26. The van der Waals surface area contributed by atoms with Crippen LogP contribution in [0.4, 0.5) is 0 Å². The van der Waals surface area contributed by atoms with Gasteiger partial charge in [-0.1, -0.05) is 50.8 Å². The smallest absolute Gasteiger partial charge is 0.0742 e. The van der Waals surface area contributed by atoms with E-state index in [4.69, 9.17) is 7.85 Å². The molecule has 0 N–H and O–H groups in total. The summed E-state index contributed by atoms with van der Waals surface area (Å²) < 4.78 is 0. The summed E-state index contributed by atoms with van der Waals surface area (Å²) in [5, 5.41) is 0.124. The van der Waals surface area contributed by atoms with E-state index in [1.165, 1.54) is 51.4 Å². The lowest BCUT2D eigenvalue weighted by molar-refractivity contribution is 0.434. The van der Waals surface area contributed by atoms with E-state index in [1.54, 1.807) is 0 Å². The van der Waals surface area contributed by atoms with Gasteiger partial charge in [-0.05, 0) is 25.2 Å². The third-order valence-corrected chi connectivity index (χ3v) is 4.90. The van der Waals surface area contributed by atoms with Crippen molar-refractivity contribution in [1.29, 1.82) is 0 Å². The highest BCUT2D eigenvalue weighted by atomic mass is 31.1. The quantitative estimate of drug-likeness (QED) is 0.450. The molecule has 2 heteroatoms. The van der Waals surface area contributed by atoms with E-state index >= 15 is 0 Å². The first-order valence-electron chi connectivity index (χ1n) is 6.10. The summed E-state index contributed by atoms with van der Waals surface area (Å²) in [7, 11) is 7.39. The molecule has 1 aliphatic rings. The van der Waals surface area contributed by atoms with E-state index in [2.05, 4.69) is 13.6 Å². The molecule has 0 saturated heterocycles. The fourth-order valence-electron chi connectivity index (χ4n) is 2.41. The van der Waals surface area contributed by atoms with Crippen LogP contribution in [0.2, 0.25) is 5.31 Å². The summed E-state index contributed by atoms with van der Waals surface area (Å²) in [6.07, 6.45) is 10.9. The predicted octanol–water partition coefficient (Wildman–Crippen LogP) is 4.14. The van der Waals surface area contributed by atoms with Gasteiger partial charge in [-0.15, -0.1) is 8.58 Å². The molecule has 3 unspecified atom stereocenters. The van der Waals surface area contributed by atoms with Crippen LogP contribution in [0.3, 0.4) is 0 Å². The molecule has 1 fully saturated rings. The molecular weight excluding hydrogens is 186 g/mol. The van der Waals surface area contributed by atoms with Crippen molar-refractivity contribution in [2.24, 2.45) is 0 Å². The third kappa shape index (κ3) is 4.83. The number of rotatable bonds is 1. The molecule has 3 atom stereocenters. The summed E-state index contributed by atoms with van der Waals surface area (Å²) in [5.41, 5.74) is 1.00. The minimum Gasteiger partial charge on any atom is -0.122 e. The van der Waals surface area contributed by atoms with Crippen LogP contribution in [0.5, 0.6) is 0 Å². The van der Waals surface area contributed by atoms with Gasteiger partial charge in [0, 0.05) is 0 Å². The normalized spacial score (nSPS) is 37.4. The van der Waals surface area contributed by atoms with Gasteiger partial charge >= 0.3 is 0 Å². The summed E-state index contributed by atoms with van der Waals surface area (Å²) >= 11 is 0. The average molecular weight is 210 g/mol. The van der Waals surface area contributed by atoms with Gasteiger partial charge in [-0.2, -0.15) is 0 Å². The van der Waals surface area contributed by atoms with Crippen molar-refractivity contribution in [3.05, 3.63) is 0 Å². The van der Waals surface area contributed by atoms with Crippen LogP contribution in [-0.2, 0) is 0 Å². The molecule has 0 aliphatic heterocycles. The minimum absolute atomic E-state index is 0.124. The molecule has 0 nitrogen and oxygen atoms in total. The number of hydrogen-bond donors (Lipinski definition) is 0. The van der Waals surface area contributed by atoms with Gasteiger partial charge in [0.1, 0.15) is 0 Å². The average Bonchev–Trinajstić information content (AvgIpc) is 2.14. The zero-order valence-electron chi connectivity index (χ0n) is 9.81. The van der Waals surface area contributed by atoms with Gasteiger partial charge in [0.15, 0.2) is 0 Å². The molecule has 0 aromatic rings. The Morgan fingerprint density at radius 1 is 1.07 bits per heavy atom. The van der Waals surface area contributed by atoms with Gasteiger partial charge in [0.25, 0.3) is 0 Å². The number of hydrogen-bond acceptors (Lipinski definition) is 0. The second kappa shape index (κ2) is 6.16. The molecule has 80 valence electrons. The molecule has 1 aliphatic carbocycles. The maximum atomic E-state index is 6.26. The summed E-state index contributed by atoms with van der Waals surface area (Å²) in [6.45, 7) is 4.59. The highest BCUT2D eigenvalue weighted by Gasteiger charge is 2.18. The van der Waals surface area contributed by atoms with E-state index in [1.807, 2.05) is 0 Å². The first-order chi connectivity index (χ1) is 6.64. The largest absolute Gasteiger partial charge is 0.122 e. The van der Waals surface area contributed by atoms with Crippen LogP contribution >= 0.6 is 8.58 Å². The predicted molar refractivity (Wildman–Crippen MR) is 69.1 cm³/mol. The zero-order chi connectivity index (χ0) is 10.4. The second-order valence-corrected chi connectivity index (χ2v) is 6.53. The highest BCUT2D eigenvalue weighted by Crippen LogP contribution is 2.37. The summed E-state index contributed by atoms with van der Waals surface area (Å²) in [6, 6.07) is 0. The van der Waals surface area contributed by atoms with E-state index in [0.29, 0.717) is 0 Å². The van der Waals surface area contributed by atoms with E-state index in [0.717, 1.165) is 14.2 Å². The fourth-order valence-corrected chi connectivity index (χ4v) is 3.39. The van der Waals surface area contributed by atoms with Gasteiger partial charge in [-0.3, -0.25) is 0 Å². The Hall–Kier alpha value is 0.495. The van der Waals surface area contributed by atoms with Gasteiger partial charge < -0.3 is 0 Å². The zero-order valence-corrected chi connectivity index (χ0v) is 10.8. The lowest BCUT2D eigenvalue weighted by Crippen LogP contribution is -2.11. The first-order valence-corrected chi connectivity index (χ1v) is 7.68. The van der Waals surface area contributed by atoms with Crippen LogP contribution in [0.15, 0.2) is 0 Å². The van der Waals surface area contributed by atoms with Crippen molar-refractivity contribution in [1.82, 2.24) is 0 Å². The van der Waals surface area contributed by atoms with Gasteiger partial charge in [0.2, 0.25) is 0 Å². The van der Waals surface area contributed by atoms with E-state index in [-0.39, 0.29) is 5.31 Å². The lowest BCUT2D eigenvalue weighted by atomic mass is 9.64. The molecule has 0 spiro atoms. The second-order valence-electron chi connectivity index (χ2n) is 5.13. The van der Waals surface area contributed by atoms with Crippen molar-refractivity contribution in [2.45, 2.75) is 69.3 Å². The van der Waals surface area contributed by atoms with E-state index < -0.39 is 0 Å². The van der Waals surface area contributed by atoms with Crippen molar-refractivity contribution in [2.75, 3.05) is 6.66 Å². The Kier molecular flexibility index (Phi) is 5.53. The molecule has 0 aromatic carbocycles. The Balaban J connectivity index is 2.37. The molecule has 1 rings (SSSR count). The van der Waals surface area contributed by atoms with Crippen LogP contribution in [-0.4, -0.2) is 20.2 Å². The molecule has 0 bridgehead atoms. The topological polar surface area (TPSA) is 0 Å². The maximum Gasteiger partial charge on any atom is 0.0742 e. The lowest BCUT2D eigenvalue weighted by Gasteiger charge is -2.27. The molecule has 1 saturated carbocycles. The Bertz CT molecular complexity index is 156. The van der Waals surface area contributed by atoms with Crippen LogP contribution in [0, 0.1) is 0 Å². The third-order valence-electron chi connectivity index (χ3n) is 3.51. The fraction of sp³-hybridized carbons (Fsp3) is 1.00. The van der Waals surface area contributed by atoms with Crippen molar-refractivity contribution >= 4 is 16.4 Å². The Labute approximate surface area is 92.8 Å². The monoisotopic (exact) mass is 210 g/mol. The van der Waals surface area contributed by atoms with Crippen LogP contribution < -0.4 is 0 Å².